The number of aliphatic imine (C=N–C) groups is 1. The lowest BCUT2D eigenvalue weighted by atomic mass is 10.2. The number of hydrogen-bond donors (Lipinski definition) is 2. The largest absolute Gasteiger partial charge is 0.383 e. The van der Waals surface area contributed by atoms with E-state index >= 15 is 0 Å². The zero-order valence-corrected chi connectivity index (χ0v) is 16.9. The molecule has 1 aliphatic heterocycles. The van der Waals surface area contributed by atoms with Gasteiger partial charge in [0.05, 0.1) is 18.1 Å². The molecule has 0 atom stereocenters. The number of benzene rings is 1. The van der Waals surface area contributed by atoms with Crippen molar-refractivity contribution in [2.24, 2.45) is 4.99 Å². The summed E-state index contributed by atoms with van der Waals surface area (Å²) in [6.07, 6.45) is 6.42. The molecule has 0 amide bonds. The number of guanidine groups is 1. The molecule has 2 N–H and O–H groups in total. The molecule has 0 radical (unpaired) electrons. The zero-order chi connectivity index (χ0) is 20.0. The van der Waals surface area contributed by atoms with Gasteiger partial charge in [0, 0.05) is 32.3 Å². The van der Waals surface area contributed by atoms with Crippen LogP contribution in [0.15, 0.2) is 29.3 Å². The molecule has 8 nitrogen and oxygen atoms in total. The third kappa shape index (κ3) is 8.67. The molecule has 28 heavy (non-hydrogen) atoms. The molecule has 0 bridgehead atoms. The molecule has 0 aromatic heterocycles. The van der Waals surface area contributed by atoms with Crippen LogP contribution in [-0.2, 0) is 11.3 Å². The number of non-ortho nitro benzene ring substituents is 1. The van der Waals surface area contributed by atoms with Crippen LogP contribution >= 0.6 is 0 Å². The molecule has 0 aliphatic carbocycles. The molecule has 1 aromatic rings. The second kappa shape index (κ2) is 13.1. The summed E-state index contributed by atoms with van der Waals surface area (Å²) < 4.78 is 5.09. The van der Waals surface area contributed by atoms with Gasteiger partial charge in [-0.15, -0.1) is 0 Å². The van der Waals surface area contributed by atoms with Crippen LogP contribution in [0, 0.1) is 10.1 Å². The van der Waals surface area contributed by atoms with Gasteiger partial charge < -0.3 is 20.3 Å². The highest BCUT2D eigenvalue weighted by Gasteiger charge is 2.08. The van der Waals surface area contributed by atoms with Crippen LogP contribution in [0.1, 0.15) is 37.7 Å². The van der Waals surface area contributed by atoms with E-state index < -0.39 is 4.92 Å². The second-order valence-corrected chi connectivity index (χ2v) is 7.04. The molecule has 0 unspecified atom stereocenters. The predicted octanol–water partition coefficient (Wildman–Crippen LogP) is 2.54. The Morgan fingerprint density at radius 3 is 2.46 bits per heavy atom. The molecular formula is C20H33N5O3. The van der Waals surface area contributed by atoms with Gasteiger partial charge >= 0.3 is 0 Å². The number of nitrogens with one attached hydrogen (secondary N) is 2. The number of ether oxygens (including phenoxy) is 1. The van der Waals surface area contributed by atoms with Crippen molar-refractivity contribution in [3.8, 4) is 0 Å². The van der Waals surface area contributed by atoms with Crippen molar-refractivity contribution >= 4 is 11.6 Å². The van der Waals surface area contributed by atoms with E-state index in [-0.39, 0.29) is 5.69 Å². The summed E-state index contributed by atoms with van der Waals surface area (Å²) in [6.45, 7) is 6.14. The predicted molar refractivity (Wildman–Crippen MR) is 112 cm³/mol. The summed E-state index contributed by atoms with van der Waals surface area (Å²) in [5, 5.41) is 17.4. The Bertz CT molecular complexity index is 598. The lowest BCUT2D eigenvalue weighted by molar-refractivity contribution is -0.384. The molecule has 1 fully saturated rings. The molecule has 0 saturated carbocycles. The smallest absolute Gasteiger partial charge is 0.269 e. The maximum atomic E-state index is 10.7. The molecule has 156 valence electrons. The summed E-state index contributed by atoms with van der Waals surface area (Å²) in [7, 11) is 1.67. The first-order chi connectivity index (χ1) is 13.7. The van der Waals surface area contributed by atoms with Crippen molar-refractivity contribution in [1.29, 1.82) is 0 Å². The van der Waals surface area contributed by atoms with Gasteiger partial charge in [-0.1, -0.05) is 25.0 Å². The van der Waals surface area contributed by atoms with E-state index in [1.807, 2.05) is 0 Å². The molecule has 8 heteroatoms. The Hall–Kier alpha value is -2.19. The lowest BCUT2D eigenvalue weighted by Crippen LogP contribution is -2.40. The van der Waals surface area contributed by atoms with Gasteiger partial charge in [0.25, 0.3) is 5.69 Å². The molecule has 1 aromatic carbocycles. The SMILES string of the molecule is COCCNC(=NCc1ccc([N+](=O)[O-])cc1)NCCCN1CCCCCC1. The topological polar surface area (TPSA) is 92.0 Å². The average Bonchev–Trinajstić information content (AvgIpc) is 2.98. The van der Waals surface area contributed by atoms with E-state index in [9.17, 15) is 10.1 Å². The number of nitro benzene ring substituents is 1. The molecule has 1 saturated heterocycles. The Kier molecular flexibility index (Phi) is 10.3. The van der Waals surface area contributed by atoms with E-state index in [2.05, 4.69) is 20.5 Å². The van der Waals surface area contributed by atoms with Crippen LogP contribution in [0.25, 0.3) is 0 Å². The van der Waals surface area contributed by atoms with Gasteiger partial charge in [0.15, 0.2) is 5.96 Å². The van der Waals surface area contributed by atoms with Crippen LogP contribution < -0.4 is 10.6 Å². The van der Waals surface area contributed by atoms with Crippen LogP contribution in [0.4, 0.5) is 5.69 Å². The second-order valence-electron chi connectivity index (χ2n) is 7.04. The van der Waals surface area contributed by atoms with Crippen LogP contribution in [0.5, 0.6) is 0 Å². The molecule has 0 spiro atoms. The Balaban J connectivity index is 1.80. The van der Waals surface area contributed by atoms with Crippen molar-refractivity contribution in [2.45, 2.75) is 38.6 Å². The summed E-state index contributed by atoms with van der Waals surface area (Å²) in [6, 6.07) is 6.51. The number of rotatable bonds is 10. The van der Waals surface area contributed by atoms with Crippen LogP contribution in [-0.4, -0.2) is 62.2 Å². The number of nitro groups is 1. The summed E-state index contributed by atoms with van der Waals surface area (Å²) in [5.74, 6) is 0.742. The van der Waals surface area contributed by atoms with E-state index in [0.29, 0.717) is 19.7 Å². The first-order valence-electron chi connectivity index (χ1n) is 10.2. The van der Waals surface area contributed by atoms with Crippen molar-refractivity contribution < 1.29 is 9.66 Å². The number of nitrogens with zero attached hydrogens (tertiary/aromatic N) is 3. The van der Waals surface area contributed by atoms with Crippen molar-refractivity contribution in [2.75, 3.05) is 46.4 Å². The quantitative estimate of drug-likeness (QED) is 0.209. The molecular weight excluding hydrogens is 358 g/mol. The number of methoxy groups -OCH3 is 1. The van der Waals surface area contributed by atoms with Gasteiger partial charge in [-0.2, -0.15) is 0 Å². The van der Waals surface area contributed by atoms with Gasteiger partial charge in [-0.25, -0.2) is 4.99 Å². The van der Waals surface area contributed by atoms with Crippen molar-refractivity contribution in [3.05, 3.63) is 39.9 Å². The summed E-state index contributed by atoms with van der Waals surface area (Å²) >= 11 is 0. The van der Waals surface area contributed by atoms with E-state index in [4.69, 9.17) is 4.74 Å². The summed E-state index contributed by atoms with van der Waals surface area (Å²) in [4.78, 5) is 17.5. The first kappa shape index (κ1) is 22.1. The standard InChI is InChI=1S/C20H33N5O3/c1-28-16-12-22-20(21-11-6-15-24-13-4-2-3-5-14-24)23-17-18-7-9-19(10-8-18)25(26)27/h7-10H,2-6,11-17H2,1H3,(H2,21,22,23). The maximum Gasteiger partial charge on any atom is 0.269 e. The minimum atomic E-state index is -0.392. The highest BCUT2D eigenvalue weighted by molar-refractivity contribution is 5.79. The van der Waals surface area contributed by atoms with E-state index in [0.717, 1.165) is 31.0 Å². The third-order valence-corrected chi connectivity index (χ3v) is 4.81. The van der Waals surface area contributed by atoms with Gasteiger partial charge in [0.2, 0.25) is 0 Å². The number of hydrogen-bond acceptors (Lipinski definition) is 5. The Morgan fingerprint density at radius 2 is 1.82 bits per heavy atom. The fraction of sp³-hybridized carbons (Fsp3) is 0.650. The van der Waals surface area contributed by atoms with Gasteiger partial charge in [-0.3, -0.25) is 10.1 Å². The fourth-order valence-electron chi connectivity index (χ4n) is 3.21. The maximum absolute atomic E-state index is 10.7. The van der Waals surface area contributed by atoms with E-state index in [1.165, 1.54) is 50.9 Å². The van der Waals surface area contributed by atoms with Gasteiger partial charge in [0.1, 0.15) is 0 Å². The minimum Gasteiger partial charge on any atom is -0.383 e. The van der Waals surface area contributed by atoms with Crippen molar-refractivity contribution in [1.82, 2.24) is 15.5 Å². The number of likely N-dealkylation sites (tertiary alicyclic amines) is 1. The average molecular weight is 392 g/mol. The monoisotopic (exact) mass is 391 g/mol. The third-order valence-electron chi connectivity index (χ3n) is 4.81. The lowest BCUT2D eigenvalue weighted by Gasteiger charge is -2.20. The zero-order valence-electron chi connectivity index (χ0n) is 16.9. The molecule has 1 heterocycles. The minimum absolute atomic E-state index is 0.0952. The Morgan fingerprint density at radius 1 is 1.14 bits per heavy atom. The van der Waals surface area contributed by atoms with Gasteiger partial charge in [-0.05, 0) is 44.5 Å². The Labute approximate surface area is 167 Å². The van der Waals surface area contributed by atoms with Crippen molar-refractivity contribution in [3.63, 3.8) is 0 Å². The van der Waals surface area contributed by atoms with Crippen LogP contribution in [0.3, 0.4) is 0 Å². The molecule has 2 rings (SSSR count). The van der Waals surface area contributed by atoms with E-state index in [1.54, 1.807) is 19.2 Å². The summed E-state index contributed by atoms with van der Waals surface area (Å²) in [5.41, 5.74) is 1.03. The molecule has 1 aliphatic rings. The normalized spacial score (nSPS) is 15.8. The highest BCUT2D eigenvalue weighted by atomic mass is 16.6. The fourth-order valence-corrected chi connectivity index (χ4v) is 3.21. The van der Waals surface area contributed by atoms with Crippen LogP contribution in [0.2, 0.25) is 0 Å². The first-order valence-corrected chi connectivity index (χ1v) is 10.2. The highest BCUT2D eigenvalue weighted by Crippen LogP contribution is 2.12.